The number of fused-ring (bicyclic) bond motifs is 1. The molecule has 0 bridgehead atoms. The van der Waals surface area contributed by atoms with Gasteiger partial charge in [-0.25, -0.2) is 4.98 Å². The first-order valence-corrected chi connectivity index (χ1v) is 9.73. The van der Waals surface area contributed by atoms with Crippen LogP contribution in [0.2, 0.25) is 0 Å². The summed E-state index contributed by atoms with van der Waals surface area (Å²) in [6.45, 7) is 0.0928. The molecule has 0 saturated carbocycles. The molecular weight excluding hydrogens is 368 g/mol. The van der Waals surface area contributed by atoms with E-state index in [0.29, 0.717) is 11.5 Å². The van der Waals surface area contributed by atoms with Crippen molar-refractivity contribution in [2.24, 2.45) is 0 Å². The molecule has 0 N–H and O–H groups in total. The topological polar surface area (TPSA) is 65.2 Å². The lowest BCUT2D eigenvalue weighted by Crippen LogP contribution is -2.07. The molecule has 0 saturated heterocycles. The first-order chi connectivity index (χ1) is 12.8. The maximum absolute atomic E-state index is 12.0. The predicted octanol–water partition coefficient (Wildman–Crippen LogP) is 4.79. The summed E-state index contributed by atoms with van der Waals surface area (Å²) in [7, 11) is 0. The Morgan fingerprint density at radius 3 is 2.77 bits per heavy atom. The number of aromatic nitrogens is 2. The summed E-state index contributed by atoms with van der Waals surface area (Å²) in [4.78, 5) is 16.4. The van der Waals surface area contributed by atoms with Crippen LogP contribution in [0.5, 0.6) is 0 Å². The van der Waals surface area contributed by atoms with Crippen LogP contribution in [0.25, 0.3) is 21.5 Å². The number of nitrogens with zero attached hydrogens (tertiary/aromatic N) is 2. The van der Waals surface area contributed by atoms with Gasteiger partial charge in [-0.3, -0.25) is 4.79 Å². The fourth-order valence-electron chi connectivity index (χ4n) is 2.35. The molecule has 0 radical (unpaired) electrons. The van der Waals surface area contributed by atoms with E-state index in [9.17, 15) is 4.79 Å². The van der Waals surface area contributed by atoms with Crippen LogP contribution >= 0.6 is 23.1 Å². The van der Waals surface area contributed by atoms with Crippen LogP contribution in [-0.4, -0.2) is 21.9 Å². The first-order valence-electron chi connectivity index (χ1n) is 7.93. The number of esters is 1. The molecule has 0 unspecified atom stereocenters. The zero-order valence-corrected chi connectivity index (χ0v) is 15.3. The van der Waals surface area contributed by atoms with Crippen molar-refractivity contribution >= 4 is 39.3 Å². The summed E-state index contributed by atoms with van der Waals surface area (Å²) in [6.07, 6.45) is 0. The second kappa shape index (κ2) is 7.72. The van der Waals surface area contributed by atoms with Gasteiger partial charge < -0.3 is 9.26 Å². The molecule has 0 amide bonds. The minimum absolute atomic E-state index is 0.0928. The van der Waals surface area contributed by atoms with E-state index < -0.39 is 0 Å². The van der Waals surface area contributed by atoms with Gasteiger partial charge in [0.05, 0.1) is 16.0 Å². The van der Waals surface area contributed by atoms with E-state index in [-0.39, 0.29) is 18.3 Å². The van der Waals surface area contributed by atoms with Gasteiger partial charge in [0.15, 0.2) is 10.1 Å². The summed E-state index contributed by atoms with van der Waals surface area (Å²) >= 11 is 2.95. The number of thiazole rings is 1. The summed E-state index contributed by atoms with van der Waals surface area (Å²) < 4.78 is 12.5. The molecule has 0 spiro atoms. The molecule has 0 fully saturated rings. The van der Waals surface area contributed by atoms with Crippen LogP contribution in [0.15, 0.2) is 69.5 Å². The molecule has 4 rings (SSSR count). The lowest BCUT2D eigenvalue weighted by molar-refractivity contribution is -0.141. The van der Waals surface area contributed by atoms with Crippen molar-refractivity contribution in [3.8, 4) is 11.3 Å². The molecule has 0 aliphatic carbocycles. The van der Waals surface area contributed by atoms with Crippen LogP contribution in [0.3, 0.4) is 0 Å². The van der Waals surface area contributed by atoms with Gasteiger partial charge in [-0.1, -0.05) is 59.4 Å². The van der Waals surface area contributed by atoms with E-state index in [2.05, 4.69) is 10.1 Å². The Kier molecular flexibility index (Phi) is 4.99. The number of carbonyl (C=O) groups is 1. The van der Waals surface area contributed by atoms with Gasteiger partial charge in [0.25, 0.3) is 0 Å². The predicted molar refractivity (Wildman–Crippen MR) is 102 cm³/mol. The number of thioether (sulfide) groups is 1. The molecule has 2 heterocycles. The lowest BCUT2D eigenvalue weighted by atomic mass is 10.2. The first kappa shape index (κ1) is 16.8. The molecule has 2 aromatic carbocycles. The van der Waals surface area contributed by atoms with Crippen molar-refractivity contribution in [2.75, 3.05) is 5.75 Å². The summed E-state index contributed by atoms with van der Waals surface area (Å²) in [6, 6.07) is 19.4. The standard InChI is InChI=1S/C19H14N2O3S2/c22-18(12-25-19-20-15-8-4-5-9-17(15)26-19)23-11-14-10-16(24-21-14)13-6-2-1-3-7-13/h1-10H,11-12H2. The van der Waals surface area contributed by atoms with E-state index in [4.69, 9.17) is 9.26 Å². The maximum atomic E-state index is 12.0. The molecule has 5 nitrogen and oxygen atoms in total. The molecule has 0 aliphatic heterocycles. The van der Waals surface area contributed by atoms with E-state index in [0.717, 1.165) is 20.1 Å². The highest BCUT2D eigenvalue weighted by Gasteiger charge is 2.11. The smallest absolute Gasteiger partial charge is 0.316 e. The van der Waals surface area contributed by atoms with E-state index in [1.165, 1.54) is 11.8 Å². The molecule has 0 atom stereocenters. The van der Waals surface area contributed by atoms with Gasteiger partial charge in [-0.15, -0.1) is 11.3 Å². The number of ether oxygens (including phenoxy) is 1. The van der Waals surface area contributed by atoms with Crippen molar-refractivity contribution in [1.29, 1.82) is 0 Å². The third-order valence-corrected chi connectivity index (χ3v) is 5.74. The van der Waals surface area contributed by atoms with Gasteiger partial charge in [0, 0.05) is 11.6 Å². The molecule has 130 valence electrons. The average Bonchev–Trinajstić information content (AvgIpc) is 3.32. The molecule has 0 aliphatic rings. The van der Waals surface area contributed by atoms with Gasteiger partial charge in [-0.2, -0.15) is 0 Å². The Morgan fingerprint density at radius 1 is 1.12 bits per heavy atom. The van der Waals surface area contributed by atoms with Crippen LogP contribution < -0.4 is 0 Å². The summed E-state index contributed by atoms with van der Waals surface area (Å²) in [5.41, 5.74) is 2.47. The zero-order chi connectivity index (χ0) is 17.8. The number of para-hydroxylation sites is 1. The number of benzene rings is 2. The fourth-order valence-corrected chi connectivity index (χ4v) is 4.21. The highest BCUT2D eigenvalue weighted by atomic mass is 32.2. The number of hydrogen-bond donors (Lipinski definition) is 0. The highest BCUT2D eigenvalue weighted by molar-refractivity contribution is 8.01. The van der Waals surface area contributed by atoms with Gasteiger partial charge in [0.1, 0.15) is 12.3 Å². The largest absolute Gasteiger partial charge is 0.458 e. The number of rotatable bonds is 6. The van der Waals surface area contributed by atoms with Crippen molar-refractivity contribution in [3.05, 3.63) is 66.4 Å². The van der Waals surface area contributed by atoms with Crippen LogP contribution in [0, 0.1) is 0 Å². The molecule has 26 heavy (non-hydrogen) atoms. The fraction of sp³-hybridized carbons (Fsp3) is 0.105. The van der Waals surface area contributed by atoms with Crippen molar-refractivity contribution in [3.63, 3.8) is 0 Å². The third-order valence-electron chi connectivity index (χ3n) is 3.59. The van der Waals surface area contributed by atoms with Crippen molar-refractivity contribution in [1.82, 2.24) is 10.1 Å². The molecule has 2 aromatic heterocycles. The second-order valence-corrected chi connectivity index (χ2v) is 7.70. The van der Waals surface area contributed by atoms with E-state index >= 15 is 0 Å². The molecule has 7 heteroatoms. The minimum Gasteiger partial charge on any atom is -0.458 e. The van der Waals surface area contributed by atoms with Gasteiger partial charge >= 0.3 is 5.97 Å². The second-order valence-electron chi connectivity index (χ2n) is 5.45. The molecule has 4 aromatic rings. The van der Waals surface area contributed by atoms with Gasteiger partial charge in [0.2, 0.25) is 0 Å². The van der Waals surface area contributed by atoms with Crippen molar-refractivity contribution < 1.29 is 14.1 Å². The average molecular weight is 382 g/mol. The van der Waals surface area contributed by atoms with Crippen LogP contribution in [0.1, 0.15) is 5.69 Å². The normalized spacial score (nSPS) is 10.9. The Balaban J connectivity index is 1.29. The molecular formula is C19H14N2O3S2. The van der Waals surface area contributed by atoms with Crippen LogP contribution in [0.4, 0.5) is 0 Å². The minimum atomic E-state index is -0.307. The third kappa shape index (κ3) is 3.95. The SMILES string of the molecule is O=C(CSc1nc2ccccc2s1)OCc1cc(-c2ccccc2)on1. The number of hydrogen-bond acceptors (Lipinski definition) is 7. The van der Waals surface area contributed by atoms with E-state index in [1.54, 1.807) is 17.4 Å². The monoisotopic (exact) mass is 382 g/mol. The summed E-state index contributed by atoms with van der Waals surface area (Å²) in [5.74, 6) is 0.558. The Bertz CT molecular complexity index is 994. The quantitative estimate of drug-likeness (QED) is 0.353. The Hall–Kier alpha value is -2.64. The van der Waals surface area contributed by atoms with Crippen molar-refractivity contribution in [2.45, 2.75) is 10.9 Å². The van der Waals surface area contributed by atoms with Crippen LogP contribution in [-0.2, 0) is 16.1 Å². The zero-order valence-electron chi connectivity index (χ0n) is 13.6. The Labute approximate surface area is 158 Å². The highest BCUT2D eigenvalue weighted by Crippen LogP contribution is 2.29. The maximum Gasteiger partial charge on any atom is 0.316 e. The number of carbonyl (C=O) groups excluding carboxylic acids is 1. The summed E-state index contributed by atoms with van der Waals surface area (Å²) in [5, 5.41) is 3.94. The van der Waals surface area contributed by atoms with E-state index in [1.807, 2.05) is 54.6 Å². The lowest BCUT2D eigenvalue weighted by Gasteiger charge is -2.00. The Morgan fingerprint density at radius 2 is 1.92 bits per heavy atom. The van der Waals surface area contributed by atoms with Gasteiger partial charge in [-0.05, 0) is 12.1 Å².